The fraction of sp³-hybridized carbons (Fsp3) is 0.385. The molecule has 1 aliphatic heterocycles. The van der Waals surface area contributed by atoms with Crippen molar-refractivity contribution in [2.24, 2.45) is 5.92 Å². The second-order valence-electron chi connectivity index (χ2n) is 8.47. The highest BCUT2D eigenvalue weighted by atomic mass is 16.1. The third-order valence-electron chi connectivity index (χ3n) is 5.86. The Kier molecular flexibility index (Phi) is 7.30. The summed E-state index contributed by atoms with van der Waals surface area (Å²) in [5.74, 6) is 0.607. The Bertz CT molecular complexity index is 932. The van der Waals surface area contributed by atoms with Gasteiger partial charge in [-0.15, -0.1) is 0 Å². The van der Waals surface area contributed by atoms with Gasteiger partial charge >= 0.3 is 0 Å². The smallest absolute Gasteiger partial charge is 0.267 e. The van der Waals surface area contributed by atoms with Crippen LogP contribution in [0.4, 0.5) is 5.69 Å². The number of hydrogen-bond acceptors (Lipinski definition) is 3. The third kappa shape index (κ3) is 5.51. The number of likely N-dealkylation sites (tertiary alicyclic amines) is 1. The summed E-state index contributed by atoms with van der Waals surface area (Å²) in [5, 5.41) is 12.6. The molecule has 1 fully saturated rings. The van der Waals surface area contributed by atoms with Crippen molar-refractivity contribution >= 4 is 11.6 Å². The molecular formula is C26H31N3O. The molecule has 2 aromatic rings. The van der Waals surface area contributed by atoms with E-state index in [0.29, 0.717) is 11.8 Å². The van der Waals surface area contributed by atoms with Gasteiger partial charge in [0.2, 0.25) is 0 Å². The predicted octanol–water partition coefficient (Wildman–Crippen LogP) is 5.42. The van der Waals surface area contributed by atoms with Gasteiger partial charge < -0.3 is 10.2 Å². The summed E-state index contributed by atoms with van der Waals surface area (Å²) in [6, 6.07) is 18.7. The van der Waals surface area contributed by atoms with Gasteiger partial charge in [0, 0.05) is 25.0 Å². The zero-order chi connectivity index (χ0) is 21.5. The quantitative estimate of drug-likeness (QED) is 0.519. The Morgan fingerprint density at radius 3 is 2.50 bits per heavy atom. The second-order valence-corrected chi connectivity index (χ2v) is 8.47. The van der Waals surface area contributed by atoms with Gasteiger partial charge in [0.15, 0.2) is 0 Å². The first kappa shape index (κ1) is 21.6. The van der Waals surface area contributed by atoms with Gasteiger partial charge in [0.25, 0.3) is 5.91 Å². The van der Waals surface area contributed by atoms with E-state index in [-0.39, 0.29) is 11.5 Å². The molecule has 4 nitrogen and oxygen atoms in total. The minimum atomic E-state index is -0.333. The molecule has 0 aromatic heterocycles. The molecule has 1 heterocycles. The van der Waals surface area contributed by atoms with Crippen LogP contribution in [0.15, 0.2) is 60.3 Å². The number of nitriles is 1. The van der Waals surface area contributed by atoms with Crippen molar-refractivity contribution in [3.63, 3.8) is 0 Å². The second kappa shape index (κ2) is 10.1. The molecule has 2 aromatic carbocycles. The van der Waals surface area contributed by atoms with Crippen LogP contribution in [0.1, 0.15) is 49.3 Å². The molecule has 1 aliphatic rings. The van der Waals surface area contributed by atoms with E-state index in [9.17, 15) is 10.1 Å². The van der Waals surface area contributed by atoms with Crippen molar-refractivity contribution in [2.75, 3.05) is 18.4 Å². The number of para-hydroxylation sites is 1. The van der Waals surface area contributed by atoms with E-state index in [0.717, 1.165) is 49.2 Å². The maximum absolute atomic E-state index is 12.8. The van der Waals surface area contributed by atoms with Crippen molar-refractivity contribution in [2.45, 2.75) is 46.0 Å². The van der Waals surface area contributed by atoms with E-state index in [2.05, 4.69) is 54.4 Å². The number of hydrogen-bond donors (Lipinski definition) is 1. The molecular weight excluding hydrogens is 370 g/mol. The number of carbonyl (C=O) groups is 1. The number of nitrogens with one attached hydrogen (secondary N) is 1. The lowest BCUT2D eigenvalue weighted by molar-refractivity contribution is -0.112. The molecule has 3 rings (SSSR count). The number of nitrogens with zero attached hydrogens (tertiary/aromatic N) is 2. The van der Waals surface area contributed by atoms with Crippen molar-refractivity contribution in [1.29, 1.82) is 5.26 Å². The SMILES string of the molecule is Cc1cccc(C(C)C)c1NC(=O)/C(C#N)=C\N1CCC(Cc2ccccc2)CC1. The first-order valence-corrected chi connectivity index (χ1v) is 10.8. The van der Waals surface area contributed by atoms with Gasteiger partial charge in [-0.1, -0.05) is 62.4 Å². The minimum Gasteiger partial charge on any atom is -0.376 e. The number of anilines is 1. The monoisotopic (exact) mass is 401 g/mol. The molecule has 0 saturated carbocycles. The topological polar surface area (TPSA) is 56.1 Å². The lowest BCUT2D eigenvalue weighted by Crippen LogP contribution is -2.31. The molecule has 0 bridgehead atoms. The van der Waals surface area contributed by atoms with E-state index in [1.807, 2.05) is 31.2 Å². The summed E-state index contributed by atoms with van der Waals surface area (Å²) in [4.78, 5) is 14.9. The summed E-state index contributed by atoms with van der Waals surface area (Å²) in [6.07, 6.45) is 4.97. The maximum atomic E-state index is 12.8. The van der Waals surface area contributed by atoms with Crippen molar-refractivity contribution in [3.05, 3.63) is 77.0 Å². The molecule has 1 N–H and O–H groups in total. The van der Waals surface area contributed by atoms with Crippen molar-refractivity contribution in [1.82, 2.24) is 4.90 Å². The van der Waals surface area contributed by atoms with Gasteiger partial charge in [-0.3, -0.25) is 4.79 Å². The van der Waals surface area contributed by atoms with Crippen LogP contribution in [0.5, 0.6) is 0 Å². The Morgan fingerprint density at radius 1 is 1.17 bits per heavy atom. The van der Waals surface area contributed by atoms with Gasteiger partial charge in [-0.25, -0.2) is 0 Å². The van der Waals surface area contributed by atoms with Gasteiger partial charge in [-0.05, 0) is 54.7 Å². The lowest BCUT2D eigenvalue weighted by atomic mass is 9.90. The molecule has 30 heavy (non-hydrogen) atoms. The molecule has 156 valence electrons. The molecule has 1 saturated heterocycles. The first-order chi connectivity index (χ1) is 14.5. The van der Waals surface area contributed by atoms with Crippen LogP contribution in [0.3, 0.4) is 0 Å². The van der Waals surface area contributed by atoms with E-state index in [1.165, 1.54) is 5.56 Å². The first-order valence-electron chi connectivity index (χ1n) is 10.8. The van der Waals surface area contributed by atoms with E-state index < -0.39 is 0 Å². The Balaban J connectivity index is 1.63. The van der Waals surface area contributed by atoms with Gasteiger partial charge in [0.05, 0.1) is 0 Å². The maximum Gasteiger partial charge on any atom is 0.267 e. The largest absolute Gasteiger partial charge is 0.376 e. The zero-order valence-corrected chi connectivity index (χ0v) is 18.2. The molecule has 4 heteroatoms. The Hall–Kier alpha value is -3.06. The van der Waals surface area contributed by atoms with Crippen LogP contribution in [0.2, 0.25) is 0 Å². The predicted molar refractivity (Wildman–Crippen MR) is 122 cm³/mol. The Labute approximate surface area is 180 Å². The van der Waals surface area contributed by atoms with Crippen molar-refractivity contribution in [3.8, 4) is 6.07 Å². The van der Waals surface area contributed by atoms with Gasteiger partial charge in [0.1, 0.15) is 11.6 Å². The molecule has 1 amide bonds. The van der Waals surface area contributed by atoms with Crippen LogP contribution in [-0.2, 0) is 11.2 Å². The number of aryl methyl sites for hydroxylation is 1. The number of carbonyl (C=O) groups excluding carboxylic acids is 1. The third-order valence-corrected chi connectivity index (χ3v) is 5.86. The summed E-state index contributed by atoms with van der Waals surface area (Å²) in [6.45, 7) is 7.93. The normalized spacial score (nSPS) is 15.2. The molecule has 0 radical (unpaired) electrons. The zero-order valence-electron chi connectivity index (χ0n) is 18.2. The molecule has 0 spiro atoms. The number of piperidine rings is 1. The summed E-state index contributed by atoms with van der Waals surface area (Å²) in [7, 11) is 0. The highest BCUT2D eigenvalue weighted by Crippen LogP contribution is 2.28. The van der Waals surface area contributed by atoms with E-state index >= 15 is 0 Å². The van der Waals surface area contributed by atoms with Crippen molar-refractivity contribution < 1.29 is 4.79 Å². The van der Waals surface area contributed by atoms with E-state index in [1.54, 1.807) is 6.20 Å². The number of benzene rings is 2. The summed E-state index contributed by atoms with van der Waals surface area (Å²) < 4.78 is 0. The Morgan fingerprint density at radius 2 is 1.87 bits per heavy atom. The standard InChI is InChI=1S/C26H31N3O/c1-19(2)24-11-7-8-20(3)25(24)28-26(30)23(17-27)18-29-14-12-22(13-15-29)16-21-9-5-4-6-10-21/h4-11,18-19,22H,12-16H2,1-3H3,(H,28,30)/b23-18-. The van der Waals surface area contributed by atoms with Crippen LogP contribution < -0.4 is 5.32 Å². The minimum absolute atomic E-state index is 0.162. The van der Waals surface area contributed by atoms with Crippen LogP contribution in [0, 0.1) is 24.2 Å². The molecule has 0 atom stereocenters. The average Bonchev–Trinajstić information content (AvgIpc) is 2.75. The molecule has 0 unspecified atom stereocenters. The summed E-state index contributed by atoms with van der Waals surface area (Å²) in [5.41, 5.74) is 4.45. The van der Waals surface area contributed by atoms with E-state index in [4.69, 9.17) is 0 Å². The average molecular weight is 402 g/mol. The summed E-state index contributed by atoms with van der Waals surface area (Å²) >= 11 is 0. The molecule has 0 aliphatic carbocycles. The fourth-order valence-corrected chi connectivity index (χ4v) is 4.08. The van der Waals surface area contributed by atoms with Crippen LogP contribution >= 0.6 is 0 Å². The van der Waals surface area contributed by atoms with Gasteiger partial charge in [-0.2, -0.15) is 5.26 Å². The number of rotatable bonds is 6. The highest BCUT2D eigenvalue weighted by Gasteiger charge is 2.20. The highest BCUT2D eigenvalue weighted by molar-refractivity contribution is 6.07. The number of amides is 1. The lowest BCUT2D eigenvalue weighted by Gasteiger charge is -2.31. The van der Waals surface area contributed by atoms with Crippen LogP contribution in [-0.4, -0.2) is 23.9 Å². The fourth-order valence-electron chi connectivity index (χ4n) is 4.08. The van der Waals surface area contributed by atoms with Crippen LogP contribution in [0.25, 0.3) is 0 Å².